The maximum Gasteiger partial charge on any atom is 0.0448 e. The minimum absolute atomic E-state index is 0.858. The smallest absolute Gasteiger partial charge is 0.0448 e. The lowest BCUT2D eigenvalue weighted by molar-refractivity contribution is 0.645. The summed E-state index contributed by atoms with van der Waals surface area (Å²) in [6.07, 6.45) is 7.58. The van der Waals surface area contributed by atoms with Crippen molar-refractivity contribution < 1.29 is 0 Å². The molecule has 0 fully saturated rings. The highest BCUT2D eigenvalue weighted by Gasteiger charge is 1.90. The molecule has 0 unspecified atom stereocenters. The molecule has 0 atom stereocenters. The Bertz CT molecular complexity index is 89.3. The molecule has 0 bridgehead atoms. The molecule has 0 spiro atoms. The van der Waals surface area contributed by atoms with Crippen molar-refractivity contribution in [2.75, 3.05) is 0 Å². The monoisotopic (exact) mass is 176 g/mol. The molecule has 0 N–H and O–H groups in total. The first-order valence-corrected chi connectivity index (χ1v) is 4.84. The van der Waals surface area contributed by atoms with E-state index in [0.29, 0.717) is 0 Å². The van der Waals surface area contributed by atoms with Crippen molar-refractivity contribution in [1.82, 2.24) is 0 Å². The predicted molar refractivity (Wildman–Crippen MR) is 55.0 cm³/mol. The third-order valence-electron chi connectivity index (χ3n) is 1.49. The van der Waals surface area contributed by atoms with Crippen molar-refractivity contribution in [3.63, 3.8) is 0 Å². The molecule has 2 heteroatoms. The van der Waals surface area contributed by atoms with Gasteiger partial charge in [-0.3, -0.25) is 0 Å². The van der Waals surface area contributed by atoms with Crippen molar-refractivity contribution >= 4 is 29.0 Å². The van der Waals surface area contributed by atoms with Crippen LogP contribution in [-0.2, 0) is 0 Å². The molecule has 0 amide bonds. The molecule has 0 aliphatic heterocycles. The second-order valence-corrected chi connectivity index (χ2v) is 3.89. The van der Waals surface area contributed by atoms with Crippen molar-refractivity contribution in [3.05, 3.63) is 0 Å². The van der Waals surface area contributed by atoms with Gasteiger partial charge < -0.3 is 0 Å². The number of rotatable bonds is 6. The first-order chi connectivity index (χ1) is 4.77. The largest absolute Gasteiger partial charge is 0.136 e. The maximum absolute atomic E-state index is 4.84. The molecule has 0 aliphatic rings. The van der Waals surface area contributed by atoms with Gasteiger partial charge in [0.25, 0.3) is 0 Å². The minimum atomic E-state index is 0.858. The van der Waals surface area contributed by atoms with Crippen LogP contribution < -0.4 is 0 Å². The topological polar surface area (TPSA) is 0 Å². The second kappa shape index (κ2) is 7.55. The first-order valence-electron chi connectivity index (χ1n) is 3.99. The van der Waals surface area contributed by atoms with Crippen molar-refractivity contribution in [2.24, 2.45) is 0 Å². The predicted octanol–water partition coefficient (Wildman–Crippen LogP) is 3.60. The summed E-state index contributed by atoms with van der Waals surface area (Å²) < 4.78 is 0.858. The number of hydrogen-bond donors (Lipinski definition) is 1. The van der Waals surface area contributed by atoms with E-state index in [1.807, 2.05) is 0 Å². The molecule has 0 radical (unpaired) electrons. The van der Waals surface area contributed by atoms with Crippen molar-refractivity contribution in [2.45, 2.75) is 45.4 Å². The van der Waals surface area contributed by atoms with Gasteiger partial charge in [-0.25, -0.2) is 0 Å². The van der Waals surface area contributed by atoms with Crippen LogP contribution in [0.5, 0.6) is 0 Å². The second-order valence-electron chi connectivity index (χ2n) is 2.56. The van der Waals surface area contributed by atoms with E-state index in [2.05, 4.69) is 19.6 Å². The van der Waals surface area contributed by atoms with Gasteiger partial charge >= 0.3 is 0 Å². The average Bonchev–Trinajstić information content (AvgIpc) is 1.87. The Labute approximate surface area is 74.8 Å². The molecule has 0 aliphatic carbocycles. The van der Waals surface area contributed by atoms with Crippen molar-refractivity contribution in [1.29, 1.82) is 0 Å². The van der Waals surface area contributed by atoms with Gasteiger partial charge in [-0.1, -0.05) is 44.8 Å². The Kier molecular flexibility index (Phi) is 7.88. The SMILES string of the molecule is CCCCCCCC(=S)S. The quantitative estimate of drug-likeness (QED) is 0.366. The van der Waals surface area contributed by atoms with E-state index in [-0.39, 0.29) is 0 Å². The molecular formula is C8H16S2. The third kappa shape index (κ3) is 8.44. The Hall–Kier alpha value is 0.440. The Morgan fingerprint density at radius 2 is 1.80 bits per heavy atom. The molecule has 0 aromatic rings. The fraction of sp³-hybridized carbons (Fsp3) is 0.875. The van der Waals surface area contributed by atoms with Gasteiger partial charge in [-0.2, -0.15) is 0 Å². The standard InChI is InChI=1S/C8H16S2/c1-2-3-4-5-6-7-8(9)10/h2-7H2,1H3,(H,9,10). The van der Waals surface area contributed by atoms with E-state index in [1.54, 1.807) is 0 Å². The normalized spacial score (nSPS) is 9.80. The van der Waals surface area contributed by atoms with E-state index in [9.17, 15) is 0 Å². The van der Waals surface area contributed by atoms with Gasteiger partial charge in [0.1, 0.15) is 0 Å². The van der Waals surface area contributed by atoms with Gasteiger partial charge in [0.15, 0.2) is 0 Å². The highest BCUT2D eigenvalue weighted by atomic mass is 32.1. The summed E-state index contributed by atoms with van der Waals surface area (Å²) in [7, 11) is 0. The lowest BCUT2D eigenvalue weighted by Crippen LogP contribution is -1.83. The van der Waals surface area contributed by atoms with Crippen LogP contribution in [0.4, 0.5) is 0 Å². The molecule has 0 rings (SSSR count). The van der Waals surface area contributed by atoms with E-state index < -0.39 is 0 Å². The summed E-state index contributed by atoms with van der Waals surface area (Å²) in [4.78, 5) is 0. The zero-order valence-corrected chi connectivity index (χ0v) is 8.31. The van der Waals surface area contributed by atoms with E-state index in [4.69, 9.17) is 12.2 Å². The summed E-state index contributed by atoms with van der Waals surface area (Å²) in [6, 6.07) is 0. The maximum atomic E-state index is 4.84. The lowest BCUT2D eigenvalue weighted by atomic mass is 10.1. The van der Waals surface area contributed by atoms with Gasteiger partial charge in [0.2, 0.25) is 0 Å². The van der Waals surface area contributed by atoms with Crippen LogP contribution in [0.15, 0.2) is 0 Å². The summed E-state index contributed by atoms with van der Waals surface area (Å²) >= 11 is 8.89. The number of unbranched alkanes of at least 4 members (excludes halogenated alkanes) is 4. The van der Waals surface area contributed by atoms with E-state index in [1.165, 1.54) is 32.1 Å². The molecule has 10 heavy (non-hydrogen) atoms. The van der Waals surface area contributed by atoms with Gasteiger partial charge in [-0.15, -0.1) is 12.6 Å². The molecule has 0 nitrogen and oxygen atoms in total. The fourth-order valence-corrected chi connectivity index (χ4v) is 1.18. The van der Waals surface area contributed by atoms with Gasteiger partial charge in [-0.05, 0) is 12.8 Å². The van der Waals surface area contributed by atoms with Crippen LogP contribution >= 0.6 is 24.8 Å². The molecule has 0 heterocycles. The van der Waals surface area contributed by atoms with Crippen LogP contribution in [-0.4, -0.2) is 4.20 Å². The highest BCUT2D eigenvalue weighted by molar-refractivity contribution is 8.11. The highest BCUT2D eigenvalue weighted by Crippen LogP contribution is 2.06. The third-order valence-corrected chi connectivity index (χ3v) is 1.92. The molecule has 0 saturated heterocycles. The molecular weight excluding hydrogens is 160 g/mol. The van der Waals surface area contributed by atoms with Crippen LogP contribution in [0.3, 0.4) is 0 Å². The van der Waals surface area contributed by atoms with Gasteiger partial charge in [0, 0.05) is 4.20 Å². The fourth-order valence-electron chi connectivity index (χ4n) is 0.880. The number of thiocarbonyl (C=S) groups is 1. The molecule has 0 aromatic heterocycles. The van der Waals surface area contributed by atoms with E-state index >= 15 is 0 Å². The van der Waals surface area contributed by atoms with Crippen LogP contribution in [0.25, 0.3) is 0 Å². The Balaban J connectivity index is 2.84. The van der Waals surface area contributed by atoms with Gasteiger partial charge in [0.05, 0.1) is 0 Å². The number of hydrogen-bond acceptors (Lipinski definition) is 1. The molecule has 0 aromatic carbocycles. The average molecular weight is 176 g/mol. The van der Waals surface area contributed by atoms with Crippen LogP contribution in [0.1, 0.15) is 45.4 Å². The van der Waals surface area contributed by atoms with Crippen LogP contribution in [0, 0.1) is 0 Å². The Morgan fingerprint density at radius 3 is 2.30 bits per heavy atom. The summed E-state index contributed by atoms with van der Waals surface area (Å²) in [5.41, 5.74) is 0. The molecule has 60 valence electrons. The first kappa shape index (κ1) is 10.4. The summed E-state index contributed by atoms with van der Waals surface area (Å²) in [5.74, 6) is 0. The lowest BCUT2D eigenvalue weighted by Gasteiger charge is -1.96. The molecule has 0 saturated carbocycles. The zero-order valence-electron chi connectivity index (χ0n) is 6.60. The zero-order chi connectivity index (χ0) is 7.82. The Morgan fingerprint density at radius 1 is 1.20 bits per heavy atom. The van der Waals surface area contributed by atoms with Crippen LogP contribution in [0.2, 0.25) is 0 Å². The number of thiol groups is 1. The van der Waals surface area contributed by atoms with Crippen molar-refractivity contribution in [3.8, 4) is 0 Å². The summed E-state index contributed by atoms with van der Waals surface area (Å²) in [6.45, 7) is 2.23. The minimum Gasteiger partial charge on any atom is -0.136 e. The van der Waals surface area contributed by atoms with E-state index in [0.717, 1.165) is 10.6 Å². The summed E-state index contributed by atoms with van der Waals surface area (Å²) in [5, 5.41) is 0.